The molecule has 2 rings (SSSR count). The zero-order chi connectivity index (χ0) is 13.3. The summed E-state index contributed by atoms with van der Waals surface area (Å²) in [6.45, 7) is 7.02. The zero-order valence-electron chi connectivity index (χ0n) is 11.5. The van der Waals surface area contributed by atoms with Crippen molar-refractivity contribution in [3.05, 3.63) is 16.4 Å². The van der Waals surface area contributed by atoms with E-state index in [2.05, 4.69) is 16.9 Å². The van der Waals surface area contributed by atoms with E-state index in [-0.39, 0.29) is 0 Å². The Balaban J connectivity index is 2.12. The molecule has 0 radical (unpaired) electrons. The molecule has 5 heteroatoms. The number of rotatable bonds is 3. The van der Waals surface area contributed by atoms with Gasteiger partial charge in [0.05, 0.1) is 5.69 Å². The van der Waals surface area contributed by atoms with Crippen LogP contribution in [0.15, 0.2) is 0 Å². The monoisotopic (exact) mass is 270 g/mol. The van der Waals surface area contributed by atoms with Gasteiger partial charge in [-0.05, 0) is 32.2 Å². The zero-order valence-corrected chi connectivity index (χ0v) is 12.2. The molecule has 4 nitrogen and oxygen atoms in total. The lowest BCUT2D eigenvalue weighted by atomic mass is 9.92. The van der Waals surface area contributed by atoms with E-state index in [4.69, 9.17) is 17.3 Å². The smallest absolute Gasteiger partial charge is 0.131 e. The van der Waals surface area contributed by atoms with E-state index in [9.17, 15) is 0 Å². The highest BCUT2D eigenvalue weighted by Gasteiger charge is 2.26. The summed E-state index contributed by atoms with van der Waals surface area (Å²) in [6, 6.07) is 0.476. The van der Waals surface area contributed by atoms with Crippen LogP contribution in [0.3, 0.4) is 0 Å². The summed E-state index contributed by atoms with van der Waals surface area (Å²) in [4.78, 5) is 2.45. The highest BCUT2D eigenvalue weighted by Crippen LogP contribution is 2.27. The van der Waals surface area contributed by atoms with Gasteiger partial charge < -0.3 is 5.73 Å². The maximum absolute atomic E-state index is 6.30. The summed E-state index contributed by atoms with van der Waals surface area (Å²) < 4.78 is 1.75. The van der Waals surface area contributed by atoms with Crippen LogP contribution in [-0.2, 0) is 13.6 Å². The molecular formula is C13H23ClN4. The number of hydrogen-bond acceptors (Lipinski definition) is 3. The van der Waals surface area contributed by atoms with E-state index in [1.807, 2.05) is 14.0 Å². The summed E-state index contributed by atoms with van der Waals surface area (Å²) in [5, 5.41) is 5.12. The standard InChI is InChI=1S/C13H23ClN4/c1-9-4-5-18(11(6-9)7-15)8-12-10(2)16-17(3)13(12)14/h9,11H,4-8,15H2,1-3H3. The fourth-order valence-electron chi connectivity index (χ4n) is 2.81. The molecule has 2 unspecified atom stereocenters. The number of nitrogens with two attached hydrogens (primary N) is 1. The van der Waals surface area contributed by atoms with E-state index in [0.717, 1.165) is 42.0 Å². The molecule has 1 saturated heterocycles. The Morgan fingerprint density at radius 1 is 1.50 bits per heavy atom. The van der Waals surface area contributed by atoms with Crippen LogP contribution in [-0.4, -0.2) is 33.8 Å². The summed E-state index contributed by atoms with van der Waals surface area (Å²) >= 11 is 6.30. The van der Waals surface area contributed by atoms with E-state index in [1.165, 1.54) is 12.8 Å². The van der Waals surface area contributed by atoms with Crippen molar-refractivity contribution in [3.63, 3.8) is 0 Å². The van der Waals surface area contributed by atoms with Gasteiger partial charge in [-0.2, -0.15) is 5.10 Å². The van der Waals surface area contributed by atoms with Gasteiger partial charge >= 0.3 is 0 Å². The minimum atomic E-state index is 0.476. The molecule has 1 aromatic rings. The number of piperidine rings is 1. The molecule has 0 aromatic carbocycles. The molecule has 18 heavy (non-hydrogen) atoms. The van der Waals surface area contributed by atoms with E-state index in [0.29, 0.717) is 6.04 Å². The van der Waals surface area contributed by atoms with Crippen LogP contribution in [0.1, 0.15) is 31.0 Å². The van der Waals surface area contributed by atoms with Gasteiger partial charge in [-0.15, -0.1) is 0 Å². The fourth-order valence-corrected chi connectivity index (χ4v) is 3.04. The highest BCUT2D eigenvalue weighted by atomic mass is 35.5. The van der Waals surface area contributed by atoms with Crippen LogP contribution in [0.25, 0.3) is 0 Å². The normalized spacial score (nSPS) is 25.6. The molecule has 0 amide bonds. The lowest BCUT2D eigenvalue weighted by Gasteiger charge is -2.37. The molecular weight excluding hydrogens is 248 g/mol. The predicted octanol–water partition coefficient (Wildman–Crippen LogP) is 1.94. The van der Waals surface area contributed by atoms with Crippen molar-refractivity contribution in [3.8, 4) is 0 Å². The van der Waals surface area contributed by atoms with E-state index >= 15 is 0 Å². The van der Waals surface area contributed by atoms with Crippen molar-refractivity contribution in [2.75, 3.05) is 13.1 Å². The molecule has 0 aliphatic carbocycles. The van der Waals surface area contributed by atoms with Crippen molar-refractivity contribution >= 4 is 11.6 Å². The Kier molecular flexibility index (Phi) is 4.30. The Hall–Kier alpha value is -0.580. The Morgan fingerprint density at radius 3 is 2.78 bits per heavy atom. The molecule has 1 fully saturated rings. The van der Waals surface area contributed by atoms with E-state index < -0.39 is 0 Å². The summed E-state index contributed by atoms with van der Waals surface area (Å²) in [6.07, 6.45) is 2.43. The number of aryl methyl sites for hydroxylation is 2. The van der Waals surface area contributed by atoms with Crippen molar-refractivity contribution in [2.45, 2.75) is 39.3 Å². The van der Waals surface area contributed by atoms with Crippen LogP contribution < -0.4 is 5.73 Å². The second-order valence-corrected chi connectivity index (χ2v) is 5.83. The van der Waals surface area contributed by atoms with Gasteiger partial charge in [0.2, 0.25) is 0 Å². The molecule has 102 valence electrons. The Bertz CT molecular complexity index is 415. The van der Waals surface area contributed by atoms with Gasteiger partial charge in [-0.25, -0.2) is 0 Å². The number of hydrogen-bond donors (Lipinski definition) is 1. The first-order valence-electron chi connectivity index (χ1n) is 6.65. The third-order valence-corrected chi connectivity index (χ3v) is 4.48. The van der Waals surface area contributed by atoms with Crippen molar-refractivity contribution < 1.29 is 0 Å². The van der Waals surface area contributed by atoms with Crippen LogP contribution >= 0.6 is 11.6 Å². The van der Waals surface area contributed by atoms with Gasteiger partial charge in [0.1, 0.15) is 5.15 Å². The second kappa shape index (κ2) is 5.59. The maximum atomic E-state index is 6.30. The summed E-state index contributed by atoms with van der Waals surface area (Å²) in [5.41, 5.74) is 8.07. The molecule has 1 aromatic heterocycles. The molecule has 0 bridgehead atoms. The van der Waals surface area contributed by atoms with Crippen LogP contribution in [0, 0.1) is 12.8 Å². The summed E-state index contributed by atoms with van der Waals surface area (Å²) in [5.74, 6) is 0.778. The second-order valence-electron chi connectivity index (χ2n) is 5.47. The lowest BCUT2D eigenvalue weighted by molar-refractivity contribution is 0.115. The topological polar surface area (TPSA) is 47.1 Å². The van der Waals surface area contributed by atoms with Crippen LogP contribution in [0.5, 0.6) is 0 Å². The highest BCUT2D eigenvalue weighted by molar-refractivity contribution is 6.30. The molecule has 2 N–H and O–H groups in total. The van der Waals surface area contributed by atoms with Gasteiger partial charge in [0.15, 0.2) is 0 Å². The Labute approximate surface area is 114 Å². The summed E-state index contributed by atoms with van der Waals surface area (Å²) in [7, 11) is 1.89. The van der Waals surface area contributed by atoms with Crippen molar-refractivity contribution in [1.29, 1.82) is 0 Å². The molecule has 1 aliphatic heterocycles. The van der Waals surface area contributed by atoms with Gasteiger partial charge in [-0.1, -0.05) is 18.5 Å². The first-order chi connectivity index (χ1) is 8.52. The molecule has 2 heterocycles. The average Bonchev–Trinajstić information content (AvgIpc) is 2.58. The van der Waals surface area contributed by atoms with E-state index in [1.54, 1.807) is 4.68 Å². The predicted molar refractivity (Wildman–Crippen MR) is 74.6 cm³/mol. The molecule has 0 spiro atoms. The largest absolute Gasteiger partial charge is 0.329 e. The number of nitrogens with zero attached hydrogens (tertiary/aromatic N) is 3. The maximum Gasteiger partial charge on any atom is 0.131 e. The van der Waals surface area contributed by atoms with Crippen LogP contribution in [0.2, 0.25) is 5.15 Å². The van der Waals surface area contributed by atoms with Gasteiger partial charge in [0, 0.05) is 31.7 Å². The average molecular weight is 271 g/mol. The third kappa shape index (κ3) is 2.71. The Morgan fingerprint density at radius 2 is 2.22 bits per heavy atom. The van der Waals surface area contributed by atoms with Crippen molar-refractivity contribution in [1.82, 2.24) is 14.7 Å². The van der Waals surface area contributed by atoms with Gasteiger partial charge in [-0.3, -0.25) is 9.58 Å². The third-order valence-electron chi connectivity index (χ3n) is 4.00. The minimum absolute atomic E-state index is 0.476. The van der Waals surface area contributed by atoms with Crippen molar-refractivity contribution in [2.24, 2.45) is 18.7 Å². The molecule has 0 saturated carbocycles. The number of aromatic nitrogens is 2. The molecule has 2 atom stereocenters. The van der Waals surface area contributed by atoms with Gasteiger partial charge in [0.25, 0.3) is 0 Å². The minimum Gasteiger partial charge on any atom is -0.329 e. The fraction of sp³-hybridized carbons (Fsp3) is 0.769. The first-order valence-corrected chi connectivity index (χ1v) is 7.02. The first kappa shape index (κ1) is 13.8. The SMILES string of the molecule is Cc1nn(C)c(Cl)c1CN1CCC(C)CC1CN. The van der Waals surface area contributed by atoms with Crippen LogP contribution in [0.4, 0.5) is 0 Å². The lowest BCUT2D eigenvalue weighted by Crippen LogP contribution is -2.45. The number of likely N-dealkylation sites (tertiary alicyclic amines) is 1. The quantitative estimate of drug-likeness (QED) is 0.913. The number of halogens is 1. The molecule has 1 aliphatic rings.